The largest absolute Gasteiger partial charge is 0.325 e. The van der Waals surface area contributed by atoms with Crippen LogP contribution in [0.5, 0.6) is 0 Å². The van der Waals surface area contributed by atoms with Crippen LogP contribution in [0.2, 0.25) is 10.0 Å². The number of rotatable bonds is 8. The zero-order valence-corrected chi connectivity index (χ0v) is 22.9. The van der Waals surface area contributed by atoms with Crippen LogP contribution in [0.4, 0.5) is 5.69 Å². The van der Waals surface area contributed by atoms with Gasteiger partial charge in [-0.25, -0.2) is 8.42 Å². The predicted molar refractivity (Wildman–Crippen MR) is 144 cm³/mol. The average Bonchev–Trinajstić information content (AvgIpc) is 2.75. The normalized spacial score (nSPS) is 11.8. The summed E-state index contributed by atoms with van der Waals surface area (Å²) in [5.74, 6) is -0.0686. The molecular weight excluding hydrogens is 503 g/mol. The minimum atomic E-state index is -4.01. The van der Waals surface area contributed by atoms with Crippen molar-refractivity contribution in [3.8, 4) is 0 Å². The summed E-state index contributed by atoms with van der Waals surface area (Å²) in [6.45, 7) is 9.23. The van der Waals surface area contributed by atoms with Gasteiger partial charge in [0.15, 0.2) is 0 Å². The van der Waals surface area contributed by atoms with Crippen molar-refractivity contribution in [2.45, 2.75) is 52.0 Å². The summed E-state index contributed by atoms with van der Waals surface area (Å²) in [6, 6.07) is 16.1. The Morgan fingerprint density at radius 1 is 0.914 bits per heavy atom. The minimum Gasteiger partial charge on any atom is -0.325 e. The highest BCUT2D eigenvalue weighted by atomic mass is 35.5. The van der Waals surface area contributed by atoms with E-state index in [2.05, 4.69) is 19.2 Å². The van der Waals surface area contributed by atoms with Crippen molar-refractivity contribution < 1.29 is 13.2 Å². The number of nitrogens with one attached hydrogen (secondary N) is 1. The van der Waals surface area contributed by atoms with Gasteiger partial charge in [-0.05, 0) is 73.2 Å². The standard InChI is InChI=1S/C27H30Cl2N2O3S/c1-17(2)22-7-9-23(10-8-22)30-26(32)16-31(15-21-6-11-24(28)25(29)14-21)35(33,34)27-19(4)12-18(3)13-20(27)5/h6-14,17H,15-16H2,1-5H3,(H,30,32). The second kappa shape index (κ2) is 11.1. The second-order valence-electron chi connectivity index (χ2n) is 9.07. The summed E-state index contributed by atoms with van der Waals surface area (Å²) >= 11 is 12.2. The minimum absolute atomic E-state index is 0.0360. The van der Waals surface area contributed by atoms with Gasteiger partial charge in [-0.3, -0.25) is 4.79 Å². The molecule has 0 aromatic heterocycles. The van der Waals surface area contributed by atoms with Crippen molar-refractivity contribution in [3.63, 3.8) is 0 Å². The topological polar surface area (TPSA) is 66.5 Å². The zero-order chi connectivity index (χ0) is 25.9. The molecule has 0 aliphatic rings. The fourth-order valence-electron chi connectivity index (χ4n) is 4.08. The Morgan fingerprint density at radius 2 is 1.51 bits per heavy atom. The molecule has 0 fully saturated rings. The molecule has 0 heterocycles. The first-order chi connectivity index (χ1) is 16.4. The Bertz CT molecular complexity index is 1310. The van der Waals surface area contributed by atoms with Crippen LogP contribution in [0.15, 0.2) is 59.5 Å². The van der Waals surface area contributed by atoms with Gasteiger partial charge in [0.1, 0.15) is 0 Å². The molecule has 35 heavy (non-hydrogen) atoms. The number of hydrogen-bond donors (Lipinski definition) is 1. The molecule has 0 unspecified atom stereocenters. The van der Waals surface area contributed by atoms with Gasteiger partial charge in [-0.2, -0.15) is 4.31 Å². The number of aryl methyl sites for hydroxylation is 3. The zero-order valence-electron chi connectivity index (χ0n) is 20.5. The number of carbonyl (C=O) groups is 1. The summed E-state index contributed by atoms with van der Waals surface area (Å²) < 4.78 is 28.8. The van der Waals surface area contributed by atoms with E-state index in [0.29, 0.717) is 38.3 Å². The van der Waals surface area contributed by atoms with Gasteiger partial charge in [0, 0.05) is 12.2 Å². The van der Waals surface area contributed by atoms with Crippen LogP contribution >= 0.6 is 23.2 Å². The number of carbonyl (C=O) groups excluding carboxylic acids is 1. The molecule has 0 aliphatic heterocycles. The van der Waals surface area contributed by atoms with Gasteiger partial charge in [0.2, 0.25) is 15.9 Å². The Morgan fingerprint density at radius 3 is 2.06 bits per heavy atom. The molecule has 0 atom stereocenters. The van der Waals surface area contributed by atoms with Gasteiger partial charge in [-0.1, -0.05) is 72.9 Å². The highest BCUT2D eigenvalue weighted by Gasteiger charge is 2.30. The smallest absolute Gasteiger partial charge is 0.244 e. The van der Waals surface area contributed by atoms with Crippen molar-refractivity contribution >= 4 is 44.8 Å². The van der Waals surface area contributed by atoms with Gasteiger partial charge in [0.25, 0.3) is 0 Å². The number of sulfonamides is 1. The van der Waals surface area contributed by atoms with Gasteiger partial charge in [0.05, 0.1) is 21.5 Å². The second-order valence-corrected chi connectivity index (χ2v) is 11.8. The van der Waals surface area contributed by atoms with E-state index >= 15 is 0 Å². The molecule has 5 nitrogen and oxygen atoms in total. The van der Waals surface area contributed by atoms with Crippen molar-refractivity contribution in [2.24, 2.45) is 0 Å². The number of anilines is 1. The molecule has 1 N–H and O–H groups in total. The number of amides is 1. The lowest BCUT2D eigenvalue weighted by Crippen LogP contribution is -2.38. The SMILES string of the molecule is Cc1cc(C)c(S(=O)(=O)N(CC(=O)Nc2ccc(C(C)C)cc2)Cc2ccc(Cl)c(Cl)c2)c(C)c1. The number of nitrogens with zero attached hydrogens (tertiary/aromatic N) is 1. The summed E-state index contributed by atoms with van der Waals surface area (Å²) in [6.07, 6.45) is 0. The molecular formula is C27H30Cl2N2O3S. The maximum Gasteiger partial charge on any atom is 0.244 e. The van der Waals surface area contributed by atoms with Crippen LogP contribution in [-0.2, 0) is 21.4 Å². The van der Waals surface area contributed by atoms with Gasteiger partial charge < -0.3 is 5.32 Å². The van der Waals surface area contributed by atoms with Crippen molar-refractivity contribution in [1.29, 1.82) is 0 Å². The van der Waals surface area contributed by atoms with Crippen molar-refractivity contribution in [2.75, 3.05) is 11.9 Å². The molecule has 0 radical (unpaired) electrons. The number of benzene rings is 3. The molecule has 0 saturated heterocycles. The van der Waals surface area contributed by atoms with Crippen LogP contribution in [0.25, 0.3) is 0 Å². The van der Waals surface area contributed by atoms with E-state index in [-0.39, 0.29) is 18.0 Å². The summed E-state index contributed by atoms with van der Waals surface area (Å²) in [4.78, 5) is 13.2. The number of halogens is 2. The molecule has 0 aliphatic carbocycles. The Balaban J connectivity index is 1.94. The Hall–Kier alpha value is -2.38. The monoisotopic (exact) mass is 532 g/mol. The lowest BCUT2D eigenvalue weighted by Gasteiger charge is -2.24. The van der Waals surface area contributed by atoms with E-state index in [1.807, 2.05) is 43.3 Å². The Kier molecular flexibility index (Phi) is 8.65. The molecule has 3 aromatic carbocycles. The molecule has 8 heteroatoms. The van der Waals surface area contributed by atoms with Crippen LogP contribution in [0.1, 0.15) is 47.6 Å². The quantitative estimate of drug-likeness (QED) is 0.344. The Labute approximate surface area is 218 Å². The highest BCUT2D eigenvalue weighted by molar-refractivity contribution is 7.89. The molecule has 0 bridgehead atoms. The van der Waals surface area contributed by atoms with E-state index < -0.39 is 15.9 Å². The van der Waals surface area contributed by atoms with E-state index in [0.717, 1.165) is 11.1 Å². The molecule has 3 rings (SSSR count). The third kappa shape index (κ3) is 6.64. The average molecular weight is 534 g/mol. The maximum absolute atomic E-state index is 13.8. The first-order valence-corrected chi connectivity index (χ1v) is 13.5. The maximum atomic E-state index is 13.8. The summed E-state index contributed by atoms with van der Waals surface area (Å²) in [5.41, 5.74) is 4.61. The first-order valence-electron chi connectivity index (χ1n) is 11.3. The van der Waals surface area contributed by atoms with Crippen LogP contribution in [-0.4, -0.2) is 25.2 Å². The van der Waals surface area contributed by atoms with Gasteiger partial charge >= 0.3 is 0 Å². The van der Waals surface area contributed by atoms with E-state index in [1.165, 1.54) is 4.31 Å². The number of hydrogen-bond acceptors (Lipinski definition) is 3. The van der Waals surface area contributed by atoms with Crippen LogP contribution < -0.4 is 5.32 Å². The molecule has 186 valence electrons. The molecule has 1 amide bonds. The summed E-state index contributed by atoms with van der Waals surface area (Å²) in [7, 11) is -4.01. The van der Waals surface area contributed by atoms with E-state index in [4.69, 9.17) is 23.2 Å². The van der Waals surface area contributed by atoms with Crippen LogP contribution in [0.3, 0.4) is 0 Å². The third-order valence-corrected chi connectivity index (χ3v) is 8.56. The molecule has 3 aromatic rings. The lowest BCUT2D eigenvalue weighted by atomic mass is 10.0. The fourth-order valence-corrected chi connectivity index (χ4v) is 6.20. The molecule has 0 saturated carbocycles. The van der Waals surface area contributed by atoms with Crippen LogP contribution in [0, 0.1) is 20.8 Å². The predicted octanol–water partition coefficient (Wildman–Crippen LogP) is 6.87. The van der Waals surface area contributed by atoms with E-state index in [9.17, 15) is 13.2 Å². The third-order valence-electron chi connectivity index (χ3n) is 5.73. The lowest BCUT2D eigenvalue weighted by molar-refractivity contribution is -0.116. The van der Waals surface area contributed by atoms with E-state index in [1.54, 1.807) is 32.0 Å². The van der Waals surface area contributed by atoms with Crippen molar-refractivity contribution in [3.05, 3.63) is 92.5 Å². The highest BCUT2D eigenvalue weighted by Crippen LogP contribution is 2.28. The molecule has 0 spiro atoms. The summed E-state index contributed by atoms with van der Waals surface area (Å²) in [5, 5.41) is 3.51. The first kappa shape index (κ1) is 27.2. The van der Waals surface area contributed by atoms with Gasteiger partial charge in [-0.15, -0.1) is 0 Å². The van der Waals surface area contributed by atoms with Crippen molar-refractivity contribution in [1.82, 2.24) is 4.31 Å². The fraction of sp³-hybridized carbons (Fsp3) is 0.296.